The second-order valence-corrected chi connectivity index (χ2v) is 7.82. The fraction of sp³-hybridized carbons (Fsp3) is 0.294. The molecule has 2 atom stereocenters. The van der Waals surface area contributed by atoms with Crippen LogP contribution >= 0.6 is 0 Å². The molecule has 112 valence electrons. The number of benzene rings is 2. The van der Waals surface area contributed by atoms with Crippen LogP contribution in [-0.4, -0.2) is 19.4 Å². The summed E-state index contributed by atoms with van der Waals surface area (Å²) >= 11 is 0. The van der Waals surface area contributed by atoms with Gasteiger partial charge in [-0.3, -0.25) is 0 Å². The molecule has 0 saturated heterocycles. The first-order chi connectivity index (χ1) is 9.95. The molecule has 4 heteroatoms. The van der Waals surface area contributed by atoms with E-state index in [1.54, 1.807) is 13.8 Å². The highest BCUT2D eigenvalue weighted by atomic mass is 32.2. The summed E-state index contributed by atoms with van der Waals surface area (Å²) in [6, 6.07) is 17.3. The van der Waals surface area contributed by atoms with Crippen LogP contribution in [0.1, 0.15) is 25.5 Å². The van der Waals surface area contributed by atoms with Gasteiger partial charge >= 0.3 is 0 Å². The van der Waals surface area contributed by atoms with E-state index in [0.717, 1.165) is 16.7 Å². The zero-order valence-electron chi connectivity index (χ0n) is 12.4. The summed E-state index contributed by atoms with van der Waals surface area (Å²) in [5, 5.41) is -0.579. The van der Waals surface area contributed by atoms with Gasteiger partial charge in [0.1, 0.15) is 0 Å². The minimum Gasteiger partial charge on any atom is -0.323 e. The van der Waals surface area contributed by atoms with Crippen LogP contribution in [0.4, 0.5) is 0 Å². The van der Waals surface area contributed by atoms with Crippen LogP contribution in [0, 0.1) is 0 Å². The van der Waals surface area contributed by atoms with Crippen molar-refractivity contribution in [2.45, 2.75) is 25.1 Å². The number of sulfone groups is 1. The highest BCUT2D eigenvalue weighted by Crippen LogP contribution is 2.24. The topological polar surface area (TPSA) is 60.2 Å². The van der Waals surface area contributed by atoms with E-state index < -0.39 is 21.1 Å². The molecule has 0 unspecified atom stereocenters. The molecule has 2 aromatic carbocycles. The molecule has 21 heavy (non-hydrogen) atoms. The second-order valence-electron chi connectivity index (χ2n) is 5.17. The molecule has 0 amide bonds. The molecule has 0 radical (unpaired) electrons. The lowest BCUT2D eigenvalue weighted by atomic mass is 10.00. The Morgan fingerprint density at radius 1 is 0.952 bits per heavy atom. The molecule has 2 rings (SSSR count). The zero-order chi connectivity index (χ0) is 15.5. The molecule has 2 aromatic rings. The molecule has 3 nitrogen and oxygen atoms in total. The highest BCUT2D eigenvalue weighted by molar-refractivity contribution is 7.92. The van der Waals surface area contributed by atoms with Crippen molar-refractivity contribution in [2.24, 2.45) is 5.73 Å². The van der Waals surface area contributed by atoms with E-state index in [9.17, 15) is 8.42 Å². The number of hydrogen-bond donors (Lipinski definition) is 1. The van der Waals surface area contributed by atoms with Gasteiger partial charge < -0.3 is 5.73 Å². The van der Waals surface area contributed by atoms with E-state index in [0.29, 0.717) is 0 Å². The van der Waals surface area contributed by atoms with Crippen molar-refractivity contribution in [3.63, 3.8) is 0 Å². The van der Waals surface area contributed by atoms with Crippen LogP contribution in [-0.2, 0) is 9.84 Å². The minimum atomic E-state index is -3.13. The molecule has 0 aliphatic rings. The average molecular weight is 303 g/mol. The Morgan fingerprint density at radius 3 is 2.00 bits per heavy atom. The molecule has 0 aliphatic carbocycles. The molecule has 0 saturated carbocycles. The van der Waals surface area contributed by atoms with Gasteiger partial charge in [-0.2, -0.15) is 0 Å². The van der Waals surface area contributed by atoms with Crippen molar-refractivity contribution in [1.29, 1.82) is 0 Å². The van der Waals surface area contributed by atoms with E-state index in [-0.39, 0.29) is 5.75 Å². The summed E-state index contributed by atoms with van der Waals surface area (Å²) in [6.45, 7) is 3.33. The maximum absolute atomic E-state index is 11.9. The van der Waals surface area contributed by atoms with Gasteiger partial charge in [-0.15, -0.1) is 0 Å². The van der Waals surface area contributed by atoms with Gasteiger partial charge in [0, 0.05) is 11.8 Å². The summed E-state index contributed by atoms with van der Waals surface area (Å²) in [4.78, 5) is 0. The third-order valence-corrected chi connectivity index (χ3v) is 6.11. The van der Waals surface area contributed by atoms with Crippen molar-refractivity contribution in [2.75, 3.05) is 5.75 Å². The highest BCUT2D eigenvalue weighted by Gasteiger charge is 2.26. The first-order valence-electron chi connectivity index (χ1n) is 7.08. The number of hydrogen-bond acceptors (Lipinski definition) is 3. The van der Waals surface area contributed by atoms with Gasteiger partial charge in [0.25, 0.3) is 0 Å². The van der Waals surface area contributed by atoms with Gasteiger partial charge in [-0.25, -0.2) is 8.42 Å². The maximum Gasteiger partial charge on any atom is 0.154 e. The van der Waals surface area contributed by atoms with Gasteiger partial charge in [0.05, 0.1) is 5.25 Å². The van der Waals surface area contributed by atoms with E-state index in [4.69, 9.17) is 5.73 Å². The van der Waals surface area contributed by atoms with Gasteiger partial charge in [0.2, 0.25) is 0 Å². The smallest absolute Gasteiger partial charge is 0.154 e. The third kappa shape index (κ3) is 3.52. The molecule has 2 N–H and O–H groups in total. The Kier molecular flexibility index (Phi) is 4.80. The predicted molar refractivity (Wildman–Crippen MR) is 87.7 cm³/mol. The number of nitrogens with two attached hydrogens (primary N) is 1. The lowest BCUT2D eigenvalue weighted by molar-refractivity contribution is 0.566. The Labute approximate surface area is 126 Å². The van der Waals surface area contributed by atoms with Crippen LogP contribution in [0.15, 0.2) is 54.6 Å². The summed E-state index contributed by atoms with van der Waals surface area (Å²) in [6.07, 6.45) is 0. The summed E-state index contributed by atoms with van der Waals surface area (Å²) in [5.74, 6) is 0.115. The summed E-state index contributed by atoms with van der Waals surface area (Å²) in [5.41, 5.74) is 9.18. The van der Waals surface area contributed by atoms with Crippen LogP contribution < -0.4 is 5.73 Å². The Morgan fingerprint density at radius 2 is 1.48 bits per heavy atom. The fourth-order valence-corrected chi connectivity index (χ4v) is 3.42. The minimum absolute atomic E-state index is 0.115. The fourth-order valence-electron chi connectivity index (χ4n) is 2.29. The summed E-state index contributed by atoms with van der Waals surface area (Å²) in [7, 11) is -3.13. The van der Waals surface area contributed by atoms with E-state index in [1.165, 1.54) is 0 Å². The lowest BCUT2D eigenvalue weighted by Gasteiger charge is -2.20. The maximum atomic E-state index is 11.9. The summed E-state index contributed by atoms with van der Waals surface area (Å²) < 4.78 is 23.8. The van der Waals surface area contributed by atoms with E-state index in [2.05, 4.69) is 0 Å². The van der Waals surface area contributed by atoms with Crippen LogP contribution in [0.5, 0.6) is 0 Å². The van der Waals surface area contributed by atoms with Crippen molar-refractivity contribution in [3.05, 3.63) is 60.2 Å². The molecule has 0 heterocycles. The zero-order valence-corrected chi connectivity index (χ0v) is 13.2. The van der Waals surface area contributed by atoms with E-state index in [1.807, 2.05) is 54.6 Å². The second kappa shape index (κ2) is 6.41. The molecule has 0 bridgehead atoms. The molecular weight excluding hydrogens is 282 g/mol. The molecule has 0 aliphatic heterocycles. The van der Waals surface area contributed by atoms with Crippen molar-refractivity contribution in [1.82, 2.24) is 0 Å². The van der Waals surface area contributed by atoms with Crippen molar-refractivity contribution < 1.29 is 8.42 Å². The van der Waals surface area contributed by atoms with Gasteiger partial charge in [-0.05, 0) is 23.6 Å². The molecule has 0 fully saturated rings. The van der Waals surface area contributed by atoms with Crippen LogP contribution in [0.3, 0.4) is 0 Å². The monoisotopic (exact) mass is 303 g/mol. The first-order valence-corrected chi connectivity index (χ1v) is 8.79. The Balaban J connectivity index is 2.23. The van der Waals surface area contributed by atoms with Crippen LogP contribution in [0.25, 0.3) is 11.1 Å². The first kappa shape index (κ1) is 15.7. The molecule has 0 spiro atoms. The third-order valence-electron chi connectivity index (χ3n) is 3.88. The van der Waals surface area contributed by atoms with Gasteiger partial charge in [0.15, 0.2) is 9.84 Å². The molecular formula is C17H21NO2S. The van der Waals surface area contributed by atoms with Crippen LogP contribution in [0.2, 0.25) is 0 Å². The predicted octanol–water partition coefficient (Wildman–Crippen LogP) is 3.18. The van der Waals surface area contributed by atoms with Gasteiger partial charge in [-0.1, -0.05) is 61.5 Å². The lowest BCUT2D eigenvalue weighted by Crippen LogP contribution is -2.32. The standard InChI is InChI=1S/C17H21NO2S/c1-3-21(19,20)13(2)17(18)16-11-9-15(10-12-16)14-7-5-4-6-8-14/h4-13,17H,3,18H2,1-2H3/t13-,17-/m0/s1. The molecule has 0 aromatic heterocycles. The largest absolute Gasteiger partial charge is 0.323 e. The van der Waals surface area contributed by atoms with E-state index >= 15 is 0 Å². The Bertz CT molecular complexity index is 678. The number of rotatable bonds is 5. The average Bonchev–Trinajstić information content (AvgIpc) is 2.54. The van der Waals surface area contributed by atoms with Crippen molar-refractivity contribution >= 4 is 9.84 Å². The Hall–Kier alpha value is -1.65. The normalized spacial score (nSPS) is 14.6. The quantitative estimate of drug-likeness (QED) is 0.923. The van der Waals surface area contributed by atoms with Crippen molar-refractivity contribution in [3.8, 4) is 11.1 Å². The SMILES string of the molecule is CCS(=O)(=O)[C@@H](C)[C@H](N)c1ccc(-c2ccccc2)cc1.